The standard InChI is InChI=1S/C12H23NO3/c1-10-5-3-4-6-11(10)16-8-7-13-12(14)9-15-2/h10-11H,3-9H2,1-2H3,(H,13,14)/t10-,11-/m0/s1. The third-order valence-corrected chi connectivity index (χ3v) is 3.06. The van der Waals surface area contributed by atoms with Crippen LogP contribution >= 0.6 is 0 Å². The first kappa shape index (κ1) is 13.5. The van der Waals surface area contributed by atoms with Crippen molar-refractivity contribution in [3.63, 3.8) is 0 Å². The molecule has 4 heteroatoms. The average molecular weight is 229 g/mol. The van der Waals surface area contributed by atoms with Crippen LogP contribution in [0.1, 0.15) is 32.6 Å². The van der Waals surface area contributed by atoms with E-state index in [2.05, 4.69) is 12.2 Å². The molecule has 2 atom stereocenters. The summed E-state index contributed by atoms with van der Waals surface area (Å²) in [5.41, 5.74) is 0. The van der Waals surface area contributed by atoms with Crippen molar-refractivity contribution in [2.24, 2.45) is 5.92 Å². The summed E-state index contributed by atoms with van der Waals surface area (Å²) in [5, 5.41) is 2.75. The van der Waals surface area contributed by atoms with E-state index in [0.29, 0.717) is 25.2 Å². The summed E-state index contributed by atoms with van der Waals surface area (Å²) in [5.74, 6) is 0.575. The Morgan fingerprint density at radius 1 is 1.38 bits per heavy atom. The maximum atomic E-state index is 11.1. The number of hydrogen-bond acceptors (Lipinski definition) is 3. The van der Waals surface area contributed by atoms with E-state index < -0.39 is 0 Å². The maximum Gasteiger partial charge on any atom is 0.246 e. The molecular formula is C12H23NO3. The molecule has 0 aromatic rings. The van der Waals surface area contributed by atoms with E-state index in [0.717, 1.165) is 6.42 Å². The summed E-state index contributed by atoms with van der Waals surface area (Å²) in [6.07, 6.45) is 5.40. The first-order chi connectivity index (χ1) is 7.74. The largest absolute Gasteiger partial charge is 0.376 e. The minimum absolute atomic E-state index is 0.0807. The second kappa shape index (κ2) is 7.63. The lowest BCUT2D eigenvalue weighted by Gasteiger charge is -2.28. The fourth-order valence-corrected chi connectivity index (χ4v) is 2.11. The van der Waals surface area contributed by atoms with Crippen molar-refractivity contribution >= 4 is 5.91 Å². The number of carbonyl (C=O) groups excluding carboxylic acids is 1. The Kier molecular flexibility index (Phi) is 6.42. The molecule has 1 N–H and O–H groups in total. The van der Waals surface area contributed by atoms with Gasteiger partial charge < -0.3 is 14.8 Å². The minimum atomic E-state index is -0.0807. The molecule has 0 heterocycles. The highest BCUT2D eigenvalue weighted by atomic mass is 16.5. The second-order valence-corrected chi connectivity index (χ2v) is 4.45. The highest BCUT2D eigenvalue weighted by molar-refractivity contribution is 5.77. The van der Waals surface area contributed by atoms with E-state index in [4.69, 9.17) is 9.47 Å². The van der Waals surface area contributed by atoms with E-state index in [1.54, 1.807) is 0 Å². The van der Waals surface area contributed by atoms with Crippen molar-refractivity contribution in [1.29, 1.82) is 0 Å². The molecular weight excluding hydrogens is 206 g/mol. The Balaban J connectivity index is 2.03. The van der Waals surface area contributed by atoms with Crippen molar-refractivity contribution in [3.05, 3.63) is 0 Å². The zero-order valence-corrected chi connectivity index (χ0v) is 10.3. The van der Waals surface area contributed by atoms with Crippen molar-refractivity contribution in [1.82, 2.24) is 5.32 Å². The Labute approximate surface area is 97.7 Å². The highest BCUT2D eigenvalue weighted by Crippen LogP contribution is 2.25. The van der Waals surface area contributed by atoms with Crippen LogP contribution in [0.3, 0.4) is 0 Å². The summed E-state index contributed by atoms with van der Waals surface area (Å²) >= 11 is 0. The lowest BCUT2D eigenvalue weighted by Crippen LogP contribution is -2.33. The Morgan fingerprint density at radius 2 is 2.12 bits per heavy atom. The van der Waals surface area contributed by atoms with Gasteiger partial charge in [0.2, 0.25) is 5.91 Å². The van der Waals surface area contributed by atoms with Gasteiger partial charge in [0.05, 0.1) is 12.7 Å². The quantitative estimate of drug-likeness (QED) is 0.699. The topological polar surface area (TPSA) is 47.6 Å². The van der Waals surface area contributed by atoms with Crippen molar-refractivity contribution in [2.45, 2.75) is 38.7 Å². The summed E-state index contributed by atoms with van der Waals surface area (Å²) in [7, 11) is 1.51. The molecule has 94 valence electrons. The normalized spacial score (nSPS) is 25.4. The number of methoxy groups -OCH3 is 1. The third-order valence-electron chi connectivity index (χ3n) is 3.06. The molecule has 0 radical (unpaired) electrons. The summed E-state index contributed by atoms with van der Waals surface area (Å²) < 4.78 is 10.5. The molecule has 1 fully saturated rings. The van der Waals surface area contributed by atoms with Gasteiger partial charge in [0.25, 0.3) is 0 Å². The van der Waals surface area contributed by atoms with Crippen LogP contribution in [0, 0.1) is 5.92 Å². The summed E-state index contributed by atoms with van der Waals surface area (Å²) in [6.45, 7) is 3.54. The predicted molar refractivity (Wildman–Crippen MR) is 62.3 cm³/mol. The van der Waals surface area contributed by atoms with E-state index in [1.165, 1.54) is 26.4 Å². The van der Waals surface area contributed by atoms with Crippen LogP contribution in [0.4, 0.5) is 0 Å². The molecule has 0 saturated heterocycles. The van der Waals surface area contributed by atoms with E-state index in [1.807, 2.05) is 0 Å². The first-order valence-electron chi connectivity index (χ1n) is 6.11. The van der Waals surface area contributed by atoms with E-state index in [9.17, 15) is 4.79 Å². The Hall–Kier alpha value is -0.610. The van der Waals surface area contributed by atoms with Crippen LogP contribution in [0.25, 0.3) is 0 Å². The third kappa shape index (κ3) is 4.94. The smallest absolute Gasteiger partial charge is 0.246 e. The second-order valence-electron chi connectivity index (χ2n) is 4.45. The van der Waals surface area contributed by atoms with Crippen molar-refractivity contribution in [2.75, 3.05) is 26.9 Å². The fraction of sp³-hybridized carbons (Fsp3) is 0.917. The number of amides is 1. The van der Waals surface area contributed by atoms with Gasteiger partial charge in [-0.05, 0) is 18.8 Å². The van der Waals surface area contributed by atoms with Gasteiger partial charge in [-0.1, -0.05) is 19.8 Å². The molecule has 1 aliphatic rings. The molecule has 1 aliphatic carbocycles. The molecule has 0 aromatic heterocycles. The van der Waals surface area contributed by atoms with Crippen LogP contribution < -0.4 is 5.32 Å². The molecule has 1 amide bonds. The SMILES string of the molecule is COCC(=O)NCCO[C@H]1CCCC[C@@H]1C. The van der Waals surface area contributed by atoms with Crippen molar-refractivity contribution in [3.8, 4) is 0 Å². The Bertz CT molecular complexity index is 208. The van der Waals surface area contributed by atoms with Gasteiger partial charge in [-0.25, -0.2) is 0 Å². The molecule has 1 saturated carbocycles. The Morgan fingerprint density at radius 3 is 2.81 bits per heavy atom. The molecule has 0 spiro atoms. The summed E-state index contributed by atoms with van der Waals surface area (Å²) in [6, 6.07) is 0. The van der Waals surface area contributed by atoms with E-state index >= 15 is 0 Å². The van der Waals surface area contributed by atoms with Crippen LogP contribution in [0.2, 0.25) is 0 Å². The zero-order valence-electron chi connectivity index (χ0n) is 10.3. The minimum Gasteiger partial charge on any atom is -0.376 e. The van der Waals surface area contributed by atoms with Gasteiger partial charge in [0, 0.05) is 13.7 Å². The van der Waals surface area contributed by atoms with Crippen LogP contribution in [-0.4, -0.2) is 38.9 Å². The molecule has 1 rings (SSSR count). The molecule has 0 bridgehead atoms. The maximum absolute atomic E-state index is 11.1. The molecule has 0 aliphatic heterocycles. The number of hydrogen-bond donors (Lipinski definition) is 1. The lowest BCUT2D eigenvalue weighted by molar-refractivity contribution is -0.125. The lowest BCUT2D eigenvalue weighted by atomic mass is 9.88. The molecule has 0 unspecified atom stereocenters. The van der Waals surface area contributed by atoms with Crippen LogP contribution in [0.5, 0.6) is 0 Å². The number of ether oxygens (including phenoxy) is 2. The number of carbonyl (C=O) groups is 1. The average Bonchev–Trinajstić information content (AvgIpc) is 2.27. The van der Waals surface area contributed by atoms with E-state index in [-0.39, 0.29) is 12.5 Å². The van der Waals surface area contributed by atoms with Gasteiger partial charge in [-0.3, -0.25) is 4.79 Å². The first-order valence-corrected chi connectivity index (χ1v) is 6.11. The number of rotatable bonds is 6. The fourth-order valence-electron chi connectivity index (χ4n) is 2.11. The van der Waals surface area contributed by atoms with Crippen molar-refractivity contribution < 1.29 is 14.3 Å². The predicted octanol–water partition coefficient (Wildman–Crippen LogP) is 1.34. The molecule has 0 aromatic carbocycles. The summed E-state index contributed by atoms with van der Waals surface area (Å²) in [4.78, 5) is 11.1. The van der Waals surface area contributed by atoms with Gasteiger partial charge >= 0.3 is 0 Å². The van der Waals surface area contributed by atoms with Gasteiger partial charge in [0.15, 0.2) is 0 Å². The monoisotopic (exact) mass is 229 g/mol. The van der Waals surface area contributed by atoms with Gasteiger partial charge in [-0.2, -0.15) is 0 Å². The number of nitrogens with one attached hydrogen (secondary N) is 1. The van der Waals surface area contributed by atoms with Crippen LogP contribution in [0.15, 0.2) is 0 Å². The zero-order chi connectivity index (χ0) is 11.8. The molecule has 4 nitrogen and oxygen atoms in total. The molecule has 16 heavy (non-hydrogen) atoms. The van der Waals surface area contributed by atoms with Gasteiger partial charge in [0.1, 0.15) is 6.61 Å². The van der Waals surface area contributed by atoms with Gasteiger partial charge in [-0.15, -0.1) is 0 Å². The highest BCUT2D eigenvalue weighted by Gasteiger charge is 2.21. The van der Waals surface area contributed by atoms with Crippen LogP contribution in [-0.2, 0) is 14.3 Å².